The molecule has 0 aromatic heterocycles. The molecule has 2 rings (SSSR count). The monoisotopic (exact) mass is 295 g/mol. The molecule has 2 N–H and O–H groups in total. The van der Waals surface area contributed by atoms with E-state index in [4.69, 9.17) is 9.84 Å². The zero-order chi connectivity index (χ0) is 15.4. The molecular formula is C13H17N3O5. The third kappa shape index (κ3) is 3.89. The van der Waals surface area contributed by atoms with Crippen molar-refractivity contribution in [3.63, 3.8) is 0 Å². The summed E-state index contributed by atoms with van der Waals surface area (Å²) in [6, 6.07) is 5.37. The van der Waals surface area contributed by atoms with Gasteiger partial charge in [-0.05, 0) is 13.0 Å². The van der Waals surface area contributed by atoms with E-state index < -0.39 is 11.0 Å². The van der Waals surface area contributed by atoms with Crippen LogP contribution in [0.15, 0.2) is 24.3 Å². The maximum atomic E-state index is 12.2. The van der Waals surface area contributed by atoms with Gasteiger partial charge in [-0.15, -0.1) is 0 Å². The standard InChI is InChI=1S/C13H17N3O5/c1-9-6-15(7-12(8-17)21-9)13(18)14-10-3-2-4-11(5-10)16(19)20/h2-5,9,12,17H,6-8H2,1H3,(H,14,18). The van der Waals surface area contributed by atoms with Crippen LogP contribution < -0.4 is 5.32 Å². The second-order valence-corrected chi connectivity index (χ2v) is 4.89. The maximum absolute atomic E-state index is 12.2. The minimum atomic E-state index is -0.520. The number of nitro groups is 1. The van der Waals surface area contributed by atoms with Gasteiger partial charge >= 0.3 is 6.03 Å². The average Bonchev–Trinajstić information content (AvgIpc) is 2.46. The number of benzene rings is 1. The Balaban J connectivity index is 2.03. The number of hydrogen-bond donors (Lipinski definition) is 2. The summed E-state index contributed by atoms with van der Waals surface area (Å²) in [5.74, 6) is 0. The quantitative estimate of drug-likeness (QED) is 0.644. The first kappa shape index (κ1) is 15.2. The number of carbonyl (C=O) groups excluding carboxylic acids is 1. The van der Waals surface area contributed by atoms with Gasteiger partial charge in [0.1, 0.15) is 0 Å². The fourth-order valence-electron chi connectivity index (χ4n) is 2.21. The second kappa shape index (κ2) is 6.51. The second-order valence-electron chi connectivity index (χ2n) is 4.89. The largest absolute Gasteiger partial charge is 0.394 e. The summed E-state index contributed by atoms with van der Waals surface area (Å²) in [5, 5.41) is 22.5. The first-order valence-corrected chi connectivity index (χ1v) is 6.56. The van der Waals surface area contributed by atoms with Gasteiger partial charge in [-0.25, -0.2) is 4.79 Å². The molecule has 1 aromatic carbocycles. The Bertz CT molecular complexity index is 536. The number of amides is 2. The van der Waals surface area contributed by atoms with Gasteiger partial charge in [-0.1, -0.05) is 6.07 Å². The molecule has 1 aliphatic rings. The van der Waals surface area contributed by atoms with Gasteiger partial charge in [0.05, 0.1) is 30.3 Å². The Morgan fingerprint density at radius 1 is 1.57 bits per heavy atom. The first-order chi connectivity index (χ1) is 9.99. The van der Waals surface area contributed by atoms with Crippen molar-refractivity contribution in [3.8, 4) is 0 Å². The number of rotatable bonds is 3. The lowest BCUT2D eigenvalue weighted by atomic mass is 10.2. The molecule has 0 spiro atoms. The normalized spacial score (nSPS) is 21.9. The molecule has 1 fully saturated rings. The van der Waals surface area contributed by atoms with Crippen molar-refractivity contribution in [2.75, 3.05) is 25.0 Å². The average molecular weight is 295 g/mol. The highest BCUT2D eigenvalue weighted by Gasteiger charge is 2.28. The van der Waals surface area contributed by atoms with Crippen molar-refractivity contribution in [3.05, 3.63) is 34.4 Å². The van der Waals surface area contributed by atoms with Crippen molar-refractivity contribution >= 4 is 17.4 Å². The summed E-state index contributed by atoms with van der Waals surface area (Å²) in [5.41, 5.74) is 0.269. The highest BCUT2D eigenvalue weighted by molar-refractivity contribution is 5.89. The van der Waals surface area contributed by atoms with Crippen LogP contribution in [0.4, 0.5) is 16.2 Å². The molecule has 1 aliphatic heterocycles. The van der Waals surface area contributed by atoms with Gasteiger partial charge in [0, 0.05) is 24.4 Å². The highest BCUT2D eigenvalue weighted by atomic mass is 16.6. The summed E-state index contributed by atoms with van der Waals surface area (Å²) >= 11 is 0. The van der Waals surface area contributed by atoms with Crippen LogP contribution >= 0.6 is 0 Å². The highest BCUT2D eigenvalue weighted by Crippen LogP contribution is 2.18. The maximum Gasteiger partial charge on any atom is 0.322 e. The van der Waals surface area contributed by atoms with E-state index in [1.54, 1.807) is 6.07 Å². The third-order valence-corrected chi connectivity index (χ3v) is 3.13. The van der Waals surface area contributed by atoms with Crippen LogP contribution in [-0.4, -0.2) is 52.9 Å². The third-order valence-electron chi connectivity index (χ3n) is 3.13. The van der Waals surface area contributed by atoms with E-state index in [2.05, 4.69) is 5.32 Å². The molecule has 2 atom stereocenters. The lowest BCUT2D eigenvalue weighted by molar-refractivity contribution is -0.384. The minimum absolute atomic E-state index is 0.0867. The zero-order valence-electron chi connectivity index (χ0n) is 11.6. The Labute approximate surface area is 121 Å². The van der Waals surface area contributed by atoms with Crippen LogP contribution in [0.3, 0.4) is 0 Å². The molecule has 2 amide bonds. The van der Waals surface area contributed by atoms with E-state index in [1.165, 1.54) is 23.1 Å². The number of non-ortho nitro benzene ring substituents is 1. The van der Waals surface area contributed by atoms with Gasteiger partial charge < -0.3 is 20.1 Å². The van der Waals surface area contributed by atoms with E-state index in [9.17, 15) is 14.9 Å². The molecule has 0 aliphatic carbocycles. The molecule has 8 heteroatoms. The molecule has 1 heterocycles. The van der Waals surface area contributed by atoms with Crippen LogP contribution in [0.2, 0.25) is 0 Å². The topological polar surface area (TPSA) is 105 Å². The van der Waals surface area contributed by atoms with Gasteiger partial charge in [0.15, 0.2) is 0 Å². The Kier molecular flexibility index (Phi) is 4.71. The van der Waals surface area contributed by atoms with Gasteiger partial charge in [-0.3, -0.25) is 10.1 Å². The number of urea groups is 1. The lowest BCUT2D eigenvalue weighted by Gasteiger charge is -2.35. The van der Waals surface area contributed by atoms with E-state index in [0.29, 0.717) is 12.2 Å². The minimum Gasteiger partial charge on any atom is -0.394 e. The predicted octanol–water partition coefficient (Wildman–Crippen LogP) is 1.21. The van der Waals surface area contributed by atoms with E-state index in [-0.39, 0.29) is 31.0 Å². The Morgan fingerprint density at radius 3 is 3.00 bits per heavy atom. The number of nitrogens with zero attached hydrogens (tertiary/aromatic N) is 2. The summed E-state index contributed by atoms with van der Waals surface area (Å²) in [7, 11) is 0. The van der Waals surface area contributed by atoms with Crippen LogP contribution in [-0.2, 0) is 4.74 Å². The van der Waals surface area contributed by atoms with Gasteiger partial charge in [0.2, 0.25) is 0 Å². The summed E-state index contributed by atoms with van der Waals surface area (Å²) in [4.78, 5) is 23.9. The Hall–Kier alpha value is -2.19. The number of hydrogen-bond acceptors (Lipinski definition) is 5. The molecule has 2 unspecified atom stereocenters. The smallest absolute Gasteiger partial charge is 0.322 e. The molecule has 8 nitrogen and oxygen atoms in total. The van der Waals surface area contributed by atoms with Gasteiger partial charge in [-0.2, -0.15) is 0 Å². The van der Waals surface area contributed by atoms with Crippen molar-refractivity contribution in [1.29, 1.82) is 0 Å². The van der Waals surface area contributed by atoms with Crippen LogP contribution in [0.25, 0.3) is 0 Å². The molecule has 1 aromatic rings. The zero-order valence-corrected chi connectivity index (χ0v) is 11.6. The number of nitrogens with one attached hydrogen (secondary N) is 1. The summed E-state index contributed by atoms with van der Waals surface area (Å²) in [6.07, 6.45) is -0.587. The van der Waals surface area contributed by atoms with E-state index in [0.717, 1.165) is 0 Å². The van der Waals surface area contributed by atoms with E-state index in [1.807, 2.05) is 6.92 Å². The number of nitro benzene ring substituents is 1. The molecule has 0 radical (unpaired) electrons. The van der Waals surface area contributed by atoms with Crippen molar-refractivity contribution in [1.82, 2.24) is 4.90 Å². The van der Waals surface area contributed by atoms with Crippen molar-refractivity contribution < 1.29 is 19.6 Å². The van der Waals surface area contributed by atoms with Gasteiger partial charge in [0.25, 0.3) is 5.69 Å². The first-order valence-electron chi connectivity index (χ1n) is 6.56. The number of anilines is 1. The molecular weight excluding hydrogens is 278 g/mol. The van der Waals surface area contributed by atoms with Crippen LogP contribution in [0, 0.1) is 10.1 Å². The summed E-state index contributed by atoms with van der Waals surface area (Å²) in [6.45, 7) is 2.33. The molecule has 0 saturated carbocycles. The number of morpholine rings is 1. The van der Waals surface area contributed by atoms with Crippen molar-refractivity contribution in [2.24, 2.45) is 0 Å². The molecule has 1 saturated heterocycles. The number of aliphatic hydroxyl groups excluding tert-OH is 1. The van der Waals surface area contributed by atoms with E-state index >= 15 is 0 Å². The number of aliphatic hydroxyl groups is 1. The fourth-order valence-corrected chi connectivity index (χ4v) is 2.21. The fraction of sp³-hybridized carbons (Fsp3) is 0.462. The van der Waals surface area contributed by atoms with Crippen LogP contribution in [0.5, 0.6) is 0 Å². The molecule has 21 heavy (non-hydrogen) atoms. The lowest BCUT2D eigenvalue weighted by Crippen LogP contribution is -2.51. The summed E-state index contributed by atoms with van der Waals surface area (Å²) < 4.78 is 5.46. The van der Waals surface area contributed by atoms with Crippen LogP contribution in [0.1, 0.15) is 6.92 Å². The SMILES string of the molecule is CC1CN(C(=O)Nc2cccc([N+](=O)[O-])c2)CC(CO)O1. The number of ether oxygens (including phenoxy) is 1. The predicted molar refractivity (Wildman–Crippen MR) is 75.1 cm³/mol. The Morgan fingerprint density at radius 2 is 2.33 bits per heavy atom. The number of carbonyl (C=O) groups is 1. The van der Waals surface area contributed by atoms with Crippen molar-refractivity contribution in [2.45, 2.75) is 19.1 Å². The molecule has 0 bridgehead atoms. The molecule has 114 valence electrons.